The first kappa shape index (κ1) is 16.9. The van der Waals surface area contributed by atoms with Crippen molar-refractivity contribution in [1.29, 1.82) is 0 Å². The largest absolute Gasteiger partial charge is 0.355 e. The summed E-state index contributed by atoms with van der Waals surface area (Å²) in [4.78, 5) is 25.9. The zero-order chi connectivity index (χ0) is 14.3. The summed E-state index contributed by atoms with van der Waals surface area (Å²) in [5.74, 6) is -0.456. The Morgan fingerprint density at radius 3 is 2.17 bits per heavy atom. The normalized spacial score (nSPS) is 11.8. The average Bonchev–Trinajstić information content (AvgIpc) is 2.22. The van der Waals surface area contributed by atoms with Crippen LogP contribution in [0.1, 0.15) is 34.1 Å². The average molecular weight is 257 g/mol. The van der Waals surface area contributed by atoms with E-state index in [-0.39, 0.29) is 17.9 Å². The number of carbonyl (C=O) groups excluding carboxylic acids is 2. The van der Waals surface area contributed by atoms with E-state index in [1.165, 1.54) is 0 Å². The molecule has 0 radical (unpaired) electrons. The third kappa shape index (κ3) is 6.00. The van der Waals surface area contributed by atoms with Crippen molar-refractivity contribution in [3.05, 3.63) is 0 Å². The van der Waals surface area contributed by atoms with Crippen LogP contribution in [-0.4, -0.2) is 49.9 Å². The molecule has 106 valence electrons. The lowest BCUT2D eigenvalue weighted by Gasteiger charge is -2.24. The van der Waals surface area contributed by atoms with Gasteiger partial charge in [-0.25, -0.2) is 0 Å². The second-order valence-electron chi connectivity index (χ2n) is 5.67. The molecule has 5 heteroatoms. The van der Waals surface area contributed by atoms with Gasteiger partial charge in [-0.3, -0.25) is 9.59 Å². The highest BCUT2D eigenvalue weighted by atomic mass is 16.2. The lowest BCUT2D eigenvalue weighted by atomic mass is 9.90. The van der Waals surface area contributed by atoms with Gasteiger partial charge in [-0.05, 0) is 54.8 Å². The first-order chi connectivity index (χ1) is 8.17. The number of hydrogen-bond donors (Lipinski definition) is 2. The molecule has 0 aromatic carbocycles. The standard InChI is InChI=1S/C13H27N3O2/c1-10(2)15-12(18)13(3,4)11(17)14-8-7-9-16(5)6/h10H,7-9H2,1-6H3,(H,14,17)(H,15,18). The van der Waals surface area contributed by atoms with Crippen LogP contribution in [0.3, 0.4) is 0 Å². The lowest BCUT2D eigenvalue weighted by Crippen LogP contribution is -2.49. The third-order valence-electron chi connectivity index (χ3n) is 2.62. The topological polar surface area (TPSA) is 61.4 Å². The van der Waals surface area contributed by atoms with E-state index in [1.54, 1.807) is 13.8 Å². The molecule has 0 bridgehead atoms. The summed E-state index contributed by atoms with van der Waals surface area (Å²) in [7, 11) is 3.98. The van der Waals surface area contributed by atoms with Gasteiger partial charge in [0.25, 0.3) is 0 Å². The molecule has 0 atom stereocenters. The Morgan fingerprint density at radius 2 is 1.72 bits per heavy atom. The third-order valence-corrected chi connectivity index (χ3v) is 2.62. The summed E-state index contributed by atoms with van der Waals surface area (Å²) < 4.78 is 0. The molecule has 0 aliphatic carbocycles. The predicted molar refractivity (Wildman–Crippen MR) is 73.2 cm³/mol. The van der Waals surface area contributed by atoms with E-state index in [0.29, 0.717) is 6.54 Å². The molecule has 0 aliphatic heterocycles. The van der Waals surface area contributed by atoms with Crippen molar-refractivity contribution in [2.24, 2.45) is 5.41 Å². The van der Waals surface area contributed by atoms with Crippen LogP contribution in [-0.2, 0) is 9.59 Å². The van der Waals surface area contributed by atoms with Gasteiger partial charge >= 0.3 is 0 Å². The van der Waals surface area contributed by atoms with Crippen molar-refractivity contribution in [2.45, 2.75) is 40.2 Å². The minimum atomic E-state index is -1.03. The van der Waals surface area contributed by atoms with E-state index in [0.717, 1.165) is 13.0 Å². The Balaban J connectivity index is 4.17. The van der Waals surface area contributed by atoms with Crippen LogP contribution in [0.15, 0.2) is 0 Å². The molecule has 0 aliphatic rings. The maximum absolute atomic E-state index is 11.9. The molecule has 2 amide bonds. The van der Waals surface area contributed by atoms with Gasteiger partial charge in [0.1, 0.15) is 5.41 Å². The molecular weight excluding hydrogens is 230 g/mol. The van der Waals surface area contributed by atoms with E-state index < -0.39 is 5.41 Å². The fraction of sp³-hybridized carbons (Fsp3) is 0.846. The fourth-order valence-electron chi connectivity index (χ4n) is 1.36. The minimum absolute atomic E-state index is 0.0401. The highest BCUT2D eigenvalue weighted by Gasteiger charge is 2.35. The maximum atomic E-state index is 11.9. The molecule has 0 aromatic rings. The molecule has 18 heavy (non-hydrogen) atoms. The van der Waals surface area contributed by atoms with Crippen LogP contribution in [0.4, 0.5) is 0 Å². The van der Waals surface area contributed by atoms with Gasteiger partial charge in [0.2, 0.25) is 11.8 Å². The van der Waals surface area contributed by atoms with Gasteiger partial charge in [-0.2, -0.15) is 0 Å². The Morgan fingerprint density at radius 1 is 1.17 bits per heavy atom. The summed E-state index contributed by atoms with van der Waals surface area (Å²) in [6, 6.07) is 0.0401. The molecule has 0 saturated carbocycles. The Labute approximate surface area is 110 Å². The predicted octanol–water partition coefficient (Wildman–Crippen LogP) is 0.605. The monoisotopic (exact) mass is 257 g/mol. The van der Waals surface area contributed by atoms with Crippen LogP contribution in [0.25, 0.3) is 0 Å². The van der Waals surface area contributed by atoms with Gasteiger partial charge in [0.15, 0.2) is 0 Å². The number of nitrogens with zero attached hydrogens (tertiary/aromatic N) is 1. The van der Waals surface area contributed by atoms with E-state index in [9.17, 15) is 9.59 Å². The second-order valence-corrected chi connectivity index (χ2v) is 5.67. The van der Waals surface area contributed by atoms with E-state index in [1.807, 2.05) is 27.9 Å². The summed E-state index contributed by atoms with van der Waals surface area (Å²) in [5.41, 5.74) is -1.03. The van der Waals surface area contributed by atoms with Crippen LogP contribution in [0.2, 0.25) is 0 Å². The van der Waals surface area contributed by atoms with E-state index >= 15 is 0 Å². The maximum Gasteiger partial charge on any atom is 0.235 e. The molecule has 0 rings (SSSR count). The number of nitrogens with one attached hydrogen (secondary N) is 2. The molecular formula is C13H27N3O2. The molecule has 0 saturated heterocycles. The van der Waals surface area contributed by atoms with Gasteiger partial charge in [-0.1, -0.05) is 0 Å². The molecule has 0 aromatic heterocycles. The zero-order valence-electron chi connectivity index (χ0n) is 12.5. The first-order valence-electron chi connectivity index (χ1n) is 6.42. The molecule has 0 unspecified atom stereocenters. The molecule has 5 nitrogen and oxygen atoms in total. The number of hydrogen-bond acceptors (Lipinski definition) is 3. The van der Waals surface area contributed by atoms with Crippen molar-refractivity contribution in [3.8, 4) is 0 Å². The van der Waals surface area contributed by atoms with Crippen molar-refractivity contribution in [1.82, 2.24) is 15.5 Å². The minimum Gasteiger partial charge on any atom is -0.355 e. The molecule has 0 spiro atoms. The first-order valence-corrected chi connectivity index (χ1v) is 6.42. The SMILES string of the molecule is CC(C)NC(=O)C(C)(C)C(=O)NCCCN(C)C. The molecule has 0 heterocycles. The zero-order valence-corrected chi connectivity index (χ0v) is 12.5. The van der Waals surface area contributed by atoms with Crippen LogP contribution < -0.4 is 10.6 Å². The second kappa shape index (κ2) is 7.36. The summed E-state index contributed by atoms with van der Waals surface area (Å²) in [6.45, 7) is 8.55. The van der Waals surface area contributed by atoms with E-state index in [4.69, 9.17) is 0 Å². The van der Waals surface area contributed by atoms with E-state index in [2.05, 4.69) is 15.5 Å². The van der Waals surface area contributed by atoms with Crippen molar-refractivity contribution in [2.75, 3.05) is 27.2 Å². The molecule has 0 fully saturated rings. The van der Waals surface area contributed by atoms with Crippen LogP contribution in [0.5, 0.6) is 0 Å². The van der Waals surface area contributed by atoms with Crippen molar-refractivity contribution in [3.63, 3.8) is 0 Å². The quantitative estimate of drug-likeness (QED) is 0.519. The summed E-state index contributed by atoms with van der Waals surface area (Å²) in [6.07, 6.45) is 0.876. The molecule has 2 N–H and O–H groups in total. The van der Waals surface area contributed by atoms with Crippen molar-refractivity contribution >= 4 is 11.8 Å². The number of amides is 2. The Bertz CT molecular complexity index is 286. The number of rotatable bonds is 7. The van der Waals surface area contributed by atoms with Gasteiger partial charge in [-0.15, -0.1) is 0 Å². The van der Waals surface area contributed by atoms with Crippen LogP contribution >= 0.6 is 0 Å². The van der Waals surface area contributed by atoms with Gasteiger partial charge in [0, 0.05) is 12.6 Å². The summed E-state index contributed by atoms with van der Waals surface area (Å²) >= 11 is 0. The summed E-state index contributed by atoms with van der Waals surface area (Å²) in [5, 5.41) is 5.57. The fourth-order valence-corrected chi connectivity index (χ4v) is 1.36. The number of carbonyl (C=O) groups is 2. The Hall–Kier alpha value is -1.10. The smallest absolute Gasteiger partial charge is 0.235 e. The van der Waals surface area contributed by atoms with Gasteiger partial charge in [0.05, 0.1) is 0 Å². The lowest BCUT2D eigenvalue weighted by molar-refractivity contribution is -0.141. The van der Waals surface area contributed by atoms with Gasteiger partial charge < -0.3 is 15.5 Å². The van der Waals surface area contributed by atoms with Crippen molar-refractivity contribution < 1.29 is 9.59 Å². The highest BCUT2D eigenvalue weighted by Crippen LogP contribution is 2.15. The van der Waals surface area contributed by atoms with Crippen LogP contribution in [0, 0.1) is 5.41 Å². The Kier molecular flexibility index (Phi) is 6.91. The highest BCUT2D eigenvalue weighted by molar-refractivity contribution is 6.04.